The number of pyridine rings is 1. The van der Waals surface area contributed by atoms with E-state index in [1.54, 1.807) is 37.5 Å². The summed E-state index contributed by atoms with van der Waals surface area (Å²) in [5.74, 6) is 0.384. The van der Waals surface area contributed by atoms with E-state index in [-0.39, 0.29) is 11.7 Å². The van der Waals surface area contributed by atoms with Crippen molar-refractivity contribution in [2.45, 2.75) is 20.5 Å². The number of carbonyl (C=O) groups excluding carboxylic acids is 1. The van der Waals surface area contributed by atoms with Crippen LogP contribution in [0.5, 0.6) is 11.5 Å². The average Bonchev–Trinajstić information content (AvgIpc) is 2.70. The standard InChI is InChI=1S/C22H21FN2O3/c1-3-27-21-13-17(22(26)25-19-6-5-18(23)12-15(19)2)4-7-20(21)28-14-16-8-10-24-11-9-16/h4-13H,3,14H2,1-2H3,(H,25,26). The van der Waals surface area contributed by atoms with Gasteiger partial charge in [-0.15, -0.1) is 0 Å². The SMILES string of the molecule is CCOc1cc(C(=O)Nc2ccc(F)cc2C)ccc1OCc1ccncc1. The van der Waals surface area contributed by atoms with Gasteiger partial charge in [-0.3, -0.25) is 9.78 Å². The fraction of sp³-hybridized carbons (Fsp3) is 0.182. The summed E-state index contributed by atoms with van der Waals surface area (Å²) in [5.41, 5.74) is 2.60. The molecule has 0 bridgehead atoms. The summed E-state index contributed by atoms with van der Waals surface area (Å²) in [7, 11) is 0. The first-order valence-electron chi connectivity index (χ1n) is 8.93. The van der Waals surface area contributed by atoms with Crippen LogP contribution < -0.4 is 14.8 Å². The Morgan fingerprint density at radius 3 is 2.54 bits per heavy atom. The van der Waals surface area contributed by atoms with Crippen LogP contribution in [-0.4, -0.2) is 17.5 Å². The van der Waals surface area contributed by atoms with E-state index in [4.69, 9.17) is 9.47 Å². The van der Waals surface area contributed by atoms with Crippen molar-refractivity contribution in [3.05, 3.63) is 83.4 Å². The summed E-state index contributed by atoms with van der Waals surface area (Å²) >= 11 is 0. The van der Waals surface area contributed by atoms with Crippen molar-refractivity contribution in [1.29, 1.82) is 0 Å². The Labute approximate surface area is 163 Å². The second-order valence-corrected chi connectivity index (χ2v) is 6.15. The van der Waals surface area contributed by atoms with Crippen molar-refractivity contribution in [2.24, 2.45) is 0 Å². The number of hydrogen-bond donors (Lipinski definition) is 1. The topological polar surface area (TPSA) is 60.5 Å². The van der Waals surface area contributed by atoms with Gasteiger partial charge in [0.05, 0.1) is 6.61 Å². The Morgan fingerprint density at radius 1 is 1.04 bits per heavy atom. The molecule has 0 aliphatic heterocycles. The highest BCUT2D eigenvalue weighted by molar-refractivity contribution is 6.05. The molecule has 5 nitrogen and oxygen atoms in total. The molecular weight excluding hydrogens is 359 g/mol. The molecule has 6 heteroatoms. The first-order chi connectivity index (χ1) is 13.6. The van der Waals surface area contributed by atoms with Gasteiger partial charge in [-0.25, -0.2) is 4.39 Å². The van der Waals surface area contributed by atoms with Crippen LogP contribution in [0.1, 0.15) is 28.4 Å². The smallest absolute Gasteiger partial charge is 0.255 e. The second-order valence-electron chi connectivity index (χ2n) is 6.15. The lowest BCUT2D eigenvalue weighted by Crippen LogP contribution is -2.13. The third-order valence-corrected chi connectivity index (χ3v) is 4.09. The van der Waals surface area contributed by atoms with Gasteiger partial charge in [-0.2, -0.15) is 0 Å². The summed E-state index contributed by atoms with van der Waals surface area (Å²) in [4.78, 5) is 16.6. The molecule has 0 aliphatic rings. The van der Waals surface area contributed by atoms with E-state index in [9.17, 15) is 9.18 Å². The maximum Gasteiger partial charge on any atom is 0.255 e. The molecular formula is C22H21FN2O3. The van der Waals surface area contributed by atoms with Crippen LogP contribution >= 0.6 is 0 Å². The van der Waals surface area contributed by atoms with Crippen LogP contribution in [0.4, 0.5) is 10.1 Å². The van der Waals surface area contributed by atoms with Gasteiger partial charge < -0.3 is 14.8 Å². The van der Waals surface area contributed by atoms with Crippen LogP contribution in [0.15, 0.2) is 60.9 Å². The van der Waals surface area contributed by atoms with E-state index >= 15 is 0 Å². The molecule has 0 aliphatic carbocycles. The zero-order valence-electron chi connectivity index (χ0n) is 15.7. The van der Waals surface area contributed by atoms with E-state index in [0.717, 1.165) is 5.56 Å². The van der Waals surface area contributed by atoms with E-state index in [1.165, 1.54) is 18.2 Å². The number of carbonyl (C=O) groups is 1. The Kier molecular flexibility index (Phi) is 6.22. The fourth-order valence-electron chi connectivity index (χ4n) is 2.64. The van der Waals surface area contributed by atoms with Crippen LogP contribution in [-0.2, 0) is 6.61 Å². The Hall–Kier alpha value is -3.41. The number of anilines is 1. The number of ether oxygens (including phenoxy) is 2. The van der Waals surface area contributed by atoms with Crippen molar-refractivity contribution in [1.82, 2.24) is 4.98 Å². The van der Waals surface area contributed by atoms with Gasteiger partial charge in [-0.05, 0) is 73.5 Å². The average molecular weight is 380 g/mol. The van der Waals surface area contributed by atoms with Gasteiger partial charge in [0.25, 0.3) is 5.91 Å². The molecule has 3 rings (SSSR count). The number of nitrogens with zero attached hydrogens (tertiary/aromatic N) is 1. The van der Waals surface area contributed by atoms with E-state index in [0.29, 0.717) is 41.5 Å². The lowest BCUT2D eigenvalue weighted by Gasteiger charge is -2.14. The molecule has 0 spiro atoms. The second kappa shape index (κ2) is 8.99. The lowest BCUT2D eigenvalue weighted by molar-refractivity contribution is 0.102. The molecule has 1 amide bonds. The predicted molar refractivity (Wildman–Crippen MR) is 105 cm³/mol. The molecule has 1 heterocycles. The van der Waals surface area contributed by atoms with Crippen LogP contribution in [0, 0.1) is 12.7 Å². The normalized spacial score (nSPS) is 10.4. The molecule has 0 fully saturated rings. The van der Waals surface area contributed by atoms with Gasteiger partial charge in [0.15, 0.2) is 11.5 Å². The molecule has 0 saturated heterocycles. The summed E-state index contributed by atoms with van der Waals surface area (Å²) in [6.45, 7) is 4.40. The van der Waals surface area contributed by atoms with Gasteiger partial charge >= 0.3 is 0 Å². The van der Waals surface area contributed by atoms with Gasteiger partial charge in [0.1, 0.15) is 12.4 Å². The van der Waals surface area contributed by atoms with Crippen molar-refractivity contribution in [2.75, 3.05) is 11.9 Å². The molecule has 0 atom stereocenters. The Bertz CT molecular complexity index is 961. The Balaban J connectivity index is 1.76. The Morgan fingerprint density at radius 2 is 1.82 bits per heavy atom. The van der Waals surface area contributed by atoms with Crippen molar-refractivity contribution < 1.29 is 18.7 Å². The first-order valence-corrected chi connectivity index (χ1v) is 8.93. The molecule has 0 radical (unpaired) electrons. The van der Waals surface area contributed by atoms with Crippen LogP contribution in [0.25, 0.3) is 0 Å². The minimum Gasteiger partial charge on any atom is -0.490 e. The number of aromatic nitrogens is 1. The largest absolute Gasteiger partial charge is 0.490 e. The van der Waals surface area contributed by atoms with Gasteiger partial charge in [0, 0.05) is 23.6 Å². The van der Waals surface area contributed by atoms with Gasteiger partial charge in [0.2, 0.25) is 0 Å². The fourth-order valence-corrected chi connectivity index (χ4v) is 2.64. The summed E-state index contributed by atoms with van der Waals surface area (Å²) in [5, 5.41) is 2.79. The molecule has 2 aromatic carbocycles. The molecule has 1 aromatic heterocycles. The summed E-state index contributed by atoms with van der Waals surface area (Å²) < 4.78 is 24.7. The quantitative estimate of drug-likeness (QED) is 0.642. The van der Waals surface area contributed by atoms with Crippen LogP contribution in [0.2, 0.25) is 0 Å². The number of aryl methyl sites for hydroxylation is 1. The summed E-state index contributed by atoms with van der Waals surface area (Å²) in [6, 6.07) is 13.0. The highest BCUT2D eigenvalue weighted by Crippen LogP contribution is 2.30. The van der Waals surface area contributed by atoms with Crippen molar-refractivity contribution in [3.8, 4) is 11.5 Å². The van der Waals surface area contributed by atoms with E-state index < -0.39 is 0 Å². The molecule has 0 saturated carbocycles. The lowest BCUT2D eigenvalue weighted by atomic mass is 10.1. The minimum atomic E-state index is -0.343. The zero-order chi connectivity index (χ0) is 19.9. The highest BCUT2D eigenvalue weighted by Gasteiger charge is 2.13. The summed E-state index contributed by atoms with van der Waals surface area (Å²) in [6.07, 6.45) is 3.40. The van der Waals surface area contributed by atoms with E-state index in [2.05, 4.69) is 10.3 Å². The number of nitrogens with one attached hydrogen (secondary N) is 1. The predicted octanol–water partition coefficient (Wildman–Crippen LogP) is 4.76. The maximum absolute atomic E-state index is 13.2. The molecule has 1 N–H and O–H groups in total. The number of halogens is 1. The third kappa shape index (κ3) is 4.85. The highest BCUT2D eigenvalue weighted by atomic mass is 19.1. The van der Waals surface area contributed by atoms with E-state index in [1.807, 2.05) is 19.1 Å². The van der Waals surface area contributed by atoms with Crippen LogP contribution in [0.3, 0.4) is 0 Å². The van der Waals surface area contributed by atoms with Gasteiger partial charge in [-0.1, -0.05) is 0 Å². The number of benzene rings is 2. The maximum atomic E-state index is 13.2. The molecule has 0 unspecified atom stereocenters. The number of hydrogen-bond acceptors (Lipinski definition) is 4. The number of amides is 1. The molecule has 3 aromatic rings. The molecule has 144 valence electrons. The number of rotatable bonds is 7. The third-order valence-electron chi connectivity index (χ3n) is 4.09. The first kappa shape index (κ1) is 19.4. The minimum absolute atomic E-state index is 0.309. The zero-order valence-corrected chi connectivity index (χ0v) is 15.7. The van der Waals surface area contributed by atoms with Crippen molar-refractivity contribution >= 4 is 11.6 Å². The monoisotopic (exact) mass is 380 g/mol. The molecule has 28 heavy (non-hydrogen) atoms. The van der Waals surface area contributed by atoms with Crippen molar-refractivity contribution in [3.63, 3.8) is 0 Å².